The van der Waals surface area contributed by atoms with Gasteiger partial charge in [-0.3, -0.25) is 0 Å². The van der Waals surface area contributed by atoms with Crippen LogP contribution in [0.5, 0.6) is 5.75 Å². The zero-order valence-corrected chi connectivity index (χ0v) is 8.48. The first kappa shape index (κ1) is 8.80. The van der Waals surface area contributed by atoms with E-state index in [1.807, 2.05) is 6.07 Å². The van der Waals surface area contributed by atoms with Gasteiger partial charge >= 0.3 is 0 Å². The molecule has 2 aromatic rings. The highest BCUT2D eigenvalue weighted by Crippen LogP contribution is 2.40. The molecule has 3 heteroatoms. The van der Waals surface area contributed by atoms with Crippen molar-refractivity contribution in [2.24, 2.45) is 5.73 Å². The van der Waals surface area contributed by atoms with Crippen LogP contribution in [0.25, 0.3) is 10.9 Å². The van der Waals surface area contributed by atoms with Crippen LogP contribution < -0.4 is 5.73 Å². The summed E-state index contributed by atoms with van der Waals surface area (Å²) in [5.41, 5.74) is 8.09. The summed E-state index contributed by atoms with van der Waals surface area (Å²) in [7, 11) is 0. The highest BCUT2D eigenvalue weighted by molar-refractivity contribution is 5.83. The Labute approximate surface area is 88.1 Å². The fourth-order valence-corrected chi connectivity index (χ4v) is 2.20. The summed E-state index contributed by atoms with van der Waals surface area (Å²) < 4.78 is 2.31. The maximum Gasteiger partial charge on any atom is 0.116 e. The van der Waals surface area contributed by atoms with Gasteiger partial charge in [-0.25, -0.2) is 0 Å². The molecule has 1 aliphatic rings. The number of aromatic hydroxyl groups is 1. The van der Waals surface area contributed by atoms with Crippen molar-refractivity contribution in [1.82, 2.24) is 4.57 Å². The molecule has 0 bridgehead atoms. The van der Waals surface area contributed by atoms with Crippen LogP contribution >= 0.6 is 0 Å². The molecule has 1 saturated carbocycles. The van der Waals surface area contributed by atoms with Crippen molar-refractivity contribution >= 4 is 10.9 Å². The van der Waals surface area contributed by atoms with E-state index in [4.69, 9.17) is 5.73 Å². The van der Waals surface area contributed by atoms with E-state index in [2.05, 4.69) is 10.6 Å². The van der Waals surface area contributed by atoms with E-state index in [1.165, 1.54) is 18.4 Å². The highest BCUT2D eigenvalue weighted by atomic mass is 16.3. The normalized spacial score (nSPS) is 16.1. The highest BCUT2D eigenvalue weighted by Gasteiger charge is 2.26. The molecule has 78 valence electrons. The van der Waals surface area contributed by atoms with Crippen molar-refractivity contribution in [2.45, 2.75) is 25.4 Å². The number of hydrogen-bond donors (Lipinski definition) is 2. The Bertz CT molecular complexity index is 512. The van der Waals surface area contributed by atoms with Gasteiger partial charge in [0.1, 0.15) is 5.75 Å². The van der Waals surface area contributed by atoms with Crippen LogP contribution in [0.15, 0.2) is 24.3 Å². The smallest absolute Gasteiger partial charge is 0.116 e. The van der Waals surface area contributed by atoms with Crippen molar-refractivity contribution in [3.8, 4) is 5.75 Å². The van der Waals surface area contributed by atoms with Crippen molar-refractivity contribution < 1.29 is 5.11 Å². The van der Waals surface area contributed by atoms with Crippen molar-refractivity contribution in [3.05, 3.63) is 30.0 Å². The number of phenolic OH excluding ortho intramolecular Hbond substituents is 1. The minimum absolute atomic E-state index is 0.319. The number of nitrogens with zero attached hydrogens (tertiary/aromatic N) is 1. The molecular formula is C12H14N2O. The first-order valence-corrected chi connectivity index (χ1v) is 5.32. The fraction of sp³-hybridized carbons (Fsp3) is 0.333. The lowest BCUT2D eigenvalue weighted by Crippen LogP contribution is -2.05. The fourth-order valence-electron chi connectivity index (χ4n) is 2.20. The zero-order valence-electron chi connectivity index (χ0n) is 8.48. The molecule has 1 aliphatic carbocycles. The summed E-state index contributed by atoms with van der Waals surface area (Å²) in [5.74, 6) is 0.319. The van der Waals surface area contributed by atoms with Gasteiger partial charge in [0.15, 0.2) is 0 Å². The third-order valence-electron chi connectivity index (χ3n) is 3.02. The summed E-state index contributed by atoms with van der Waals surface area (Å²) in [6.45, 7) is 0.561. The van der Waals surface area contributed by atoms with E-state index in [9.17, 15) is 5.11 Å². The van der Waals surface area contributed by atoms with E-state index in [-0.39, 0.29) is 0 Å². The largest absolute Gasteiger partial charge is 0.508 e. The number of benzene rings is 1. The van der Waals surface area contributed by atoms with Gasteiger partial charge in [-0.2, -0.15) is 0 Å². The number of aromatic nitrogens is 1. The molecular weight excluding hydrogens is 188 g/mol. The van der Waals surface area contributed by atoms with Crippen LogP contribution in [-0.2, 0) is 6.54 Å². The van der Waals surface area contributed by atoms with Gasteiger partial charge in [0, 0.05) is 29.2 Å². The van der Waals surface area contributed by atoms with E-state index in [0.717, 1.165) is 11.1 Å². The first-order chi connectivity index (χ1) is 7.29. The van der Waals surface area contributed by atoms with Crippen LogP contribution in [0.1, 0.15) is 24.6 Å². The third-order valence-corrected chi connectivity index (χ3v) is 3.02. The summed E-state index contributed by atoms with van der Waals surface area (Å²) in [6, 6.07) is 8.22. The van der Waals surface area contributed by atoms with Gasteiger partial charge in [-0.15, -0.1) is 0 Å². The van der Waals surface area contributed by atoms with Gasteiger partial charge in [0.05, 0.1) is 0 Å². The standard InChI is InChI=1S/C12H14N2O/c13-7-10-5-8-6-11(15)3-4-12(8)14(10)9-1-2-9/h3-6,9,15H,1-2,7,13H2. The predicted octanol–water partition coefficient (Wildman–Crippen LogP) is 2.14. The molecule has 0 saturated heterocycles. The Kier molecular flexibility index (Phi) is 1.76. The second-order valence-electron chi connectivity index (χ2n) is 4.18. The second kappa shape index (κ2) is 3.00. The molecule has 3 nitrogen and oxygen atoms in total. The molecule has 1 heterocycles. The monoisotopic (exact) mass is 202 g/mol. The van der Waals surface area contributed by atoms with Gasteiger partial charge in [0.25, 0.3) is 0 Å². The molecule has 1 aromatic heterocycles. The quantitative estimate of drug-likeness (QED) is 0.783. The van der Waals surface area contributed by atoms with Crippen LogP contribution in [0.3, 0.4) is 0 Å². The molecule has 1 aromatic carbocycles. The van der Waals surface area contributed by atoms with Crippen molar-refractivity contribution in [3.63, 3.8) is 0 Å². The number of rotatable bonds is 2. The van der Waals surface area contributed by atoms with E-state index in [1.54, 1.807) is 12.1 Å². The topological polar surface area (TPSA) is 51.2 Å². The zero-order chi connectivity index (χ0) is 10.4. The summed E-state index contributed by atoms with van der Waals surface area (Å²) in [5, 5.41) is 10.5. The van der Waals surface area contributed by atoms with Gasteiger partial charge < -0.3 is 15.4 Å². The number of nitrogens with two attached hydrogens (primary N) is 1. The lowest BCUT2D eigenvalue weighted by molar-refractivity contribution is 0.476. The third kappa shape index (κ3) is 1.31. The lowest BCUT2D eigenvalue weighted by atomic mass is 10.2. The van der Waals surface area contributed by atoms with Gasteiger partial charge in [-0.05, 0) is 37.1 Å². The average Bonchev–Trinajstić information content (AvgIpc) is 2.99. The summed E-state index contributed by atoms with van der Waals surface area (Å²) in [4.78, 5) is 0. The van der Waals surface area contributed by atoms with Crippen LogP contribution in [-0.4, -0.2) is 9.67 Å². The molecule has 0 aliphatic heterocycles. The molecule has 0 unspecified atom stereocenters. The molecule has 1 fully saturated rings. The van der Waals surface area contributed by atoms with Crippen LogP contribution in [0.4, 0.5) is 0 Å². The van der Waals surface area contributed by atoms with Gasteiger partial charge in [0.2, 0.25) is 0 Å². The molecule has 0 radical (unpaired) electrons. The lowest BCUT2D eigenvalue weighted by Gasteiger charge is -2.07. The number of hydrogen-bond acceptors (Lipinski definition) is 2. The Morgan fingerprint density at radius 1 is 1.33 bits per heavy atom. The second-order valence-corrected chi connectivity index (χ2v) is 4.18. The minimum atomic E-state index is 0.319. The number of fused-ring (bicyclic) bond motifs is 1. The Morgan fingerprint density at radius 2 is 2.13 bits per heavy atom. The van der Waals surface area contributed by atoms with E-state index >= 15 is 0 Å². The molecule has 0 atom stereocenters. The van der Waals surface area contributed by atoms with Gasteiger partial charge in [-0.1, -0.05) is 0 Å². The van der Waals surface area contributed by atoms with Crippen LogP contribution in [0.2, 0.25) is 0 Å². The Hall–Kier alpha value is -1.48. The Balaban J connectivity index is 2.28. The summed E-state index contributed by atoms with van der Waals surface area (Å²) >= 11 is 0. The van der Waals surface area contributed by atoms with Crippen LogP contribution in [0, 0.1) is 0 Å². The average molecular weight is 202 g/mol. The predicted molar refractivity (Wildman–Crippen MR) is 59.8 cm³/mol. The maximum atomic E-state index is 9.42. The summed E-state index contributed by atoms with van der Waals surface area (Å²) in [6.07, 6.45) is 2.50. The molecule has 3 N–H and O–H groups in total. The molecule has 0 amide bonds. The first-order valence-electron chi connectivity index (χ1n) is 5.32. The van der Waals surface area contributed by atoms with Crippen molar-refractivity contribution in [1.29, 1.82) is 0 Å². The van der Waals surface area contributed by atoms with Crippen molar-refractivity contribution in [2.75, 3.05) is 0 Å². The maximum absolute atomic E-state index is 9.42. The van der Waals surface area contributed by atoms with E-state index < -0.39 is 0 Å². The van der Waals surface area contributed by atoms with E-state index in [0.29, 0.717) is 18.3 Å². The SMILES string of the molecule is NCc1cc2cc(O)ccc2n1C1CC1. The minimum Gasteiger partial charge on any atom is -0.508 e. The Morgan fingerprint density at radius 3 is 2.80 bits per heavy atom. The molecule has 3 rings (SSSR count). The molecule has 15 heavy (non-hydrogen) atoms. The molecule has 0 spiro atoms. The number of phenols is 1.